The smallest absolute Gasteiger partial charge is 0.387 e. The number of benzene rings is 1. The van der Waals surface area contributed by atoms with Gasteiger partial charge in [-0.1, -0.05) is 30.3 Å². The first-order valence-electron chi connectivity index (χ1n) is 17.0. The van der Waals surface area contributed by atoms with Crippen LogP contribution in [0.3, 0.4) is 0 Å². The molecule has 0 spiro atoms. The second kappa shape index (κ2) is 16.1. The van der Waals surface area contributed by atoms with Crippen LogP contribution in [0.15, 0.2) is 46.2 Å². The van der Waals surface area contributed by atoms with E-state index in [0.717, 1.165) is 16.5 Å². The van der Waals surface area contributed by atoms with Crippen molar-refractivity contribution >= 4 is 58.0 Å². The standard InChI is InChI=1S/C28H38N11O16P3/c1-36-13-39(23-19(36)25(43)35-28(30)33-23)17-9-37(7-14-5-3-2-4-6-14)8-15(52-17)10-50-56(44,45)54-58(48,49)55-57(46,47)51-11-16-20(40)21(41)26(53-16)38-12-31-18-22(38)32-27(29)34-24(18)42/h2-6,12,15-17,20-21,26,40-41H,7-11,13H2,1H3,(H,44,45)(H,46,47)(H,48,49)(H3,29,32,34,42)(H3,30,33,35,43)/t15-,16+,17+,20+,21+,26+/m0/s1. The number of aromatic nitrogens is 6. The summed E-state index contributed by atoms with van der Waals surface area (Å²) in [5, 5.41) is 21.1. The lowest BCUT2D eigenvalue weighted by atomic mass is 10.1. The number of nitrogen functional groups attached to an aromatic ring is 2. The first kappa shape index (κ1) is 42.0. The fraction of sp³-hybridized carbons (Fsp3) is 0.464. The number of nitrogens with two attached hydrogens (primary N) is 2. The number of aliphatic hydroxyl groups is 2. The molecule has 3 aromatic heterocycles. The molecule has 0 radical (unpaired) electrons. The van der Waals surface area contributed by atoms with E-state index in [2.05, 4.69) is 38.1 Å². The molecule has 7 rings (SSSR count). The molecule has 9 atom stereocenters. The highest BCUT2D eigenvalue weighted by Crippen LogP contribution is 2.67. The summed E-state index contributed by atoms with van der Waals surface area (Å²) in [6.45, 7) is -0.827. The van der Waals surface area contributed by atoms with E-state index in [9.17, 15) is 48.2 Å². The van der Waals surface area contributed by atoms with E-state index in [-0.39, 0.29) is 54.3 Å². The number of hydrogen-bond acceptors (Lipinski definition) is 21. The van der Waals surface area contributed by atoms with Crippen LogP contribution in [-0.4, -0.2) is 130 Å². The number of phosphoric ester groups is 2. The van der Waals surface area contributed by atoms with E-state index in [1.54, 1.807) is 16.8 Å². The van der Waals surface area contributed by atoms with Gasteiger partial charge in [-0.3, -0.25) is 38.1 Å². The Hall–Kier alpha value is -4.14. The Morgan fingerprint density at radius 2 is 1.53 bits per heavy atom. The highest BCUT2D eigenvalue weighted by Gasteiger charge is 2.48. The van der Waals surface area contributed by atoms with Crippen molar-refractivity contribution < 1.29 is 65.7 Å². The number of imidazole rings is 1. The van der Waals surface area contributed by atoms with Crippen LogP contribution in [0.4, 0.5) is 23.4 Å². The van der Waals surface area contributed by atoms with Crippen molar-refractivity contribution in [3.8, 4) is 0 Å². The van der Waals surface area contributed by atoms with Crippen molar-refractivity contribution in [3.05, 3.63) is 62.9 Å². The van der Waals surface area contributed by atoms with E-state index in [1.165, 1.54) is 0 Å². The quantitative estimate of drug-likeness (QED) is 0.0650. The molecule has 0 bridgehead atoms. The Kier molecular flexibility index (Phi) is 11.7. The Labute approximate surface area is 325 Å². The zero-order valence-electron chi connectivity index (χ0n) is 30.0. The summed E-state index contributed by atoms with van der Waals surface area (Å²) in [6.07, 6.45) is -7.34. The van der Waals surface area contributed by atoms with Crippen LogP contribution in [0.5, 0.6) is 0 Å². The topological polar surface area (TPSA) is 379 Å². The Bertz CT molecular complexity index is 2420. The molecule has 4 aromatic rings. The maximum atomic E-state index is 12.9. The average Bonchev–Trinajstić information content (AvgIpc) is 3.78. The predicted octanol–water partition coefficient (Wildman–Crippen LogP) is -1.50. The van der Waals surface area contributed by atoms with Gasteiger partial charge in [-0.25, -0.2) is 18.7 Å². The van der Waals surface area contributed by atoms with Crippen LogP contribution in [0.2, 0.25) is 0 Å². The molecule has 2 saturated heterocycles. The van der Waals surface area contributed by atoms with Gasteiger partial charge in [0, 0.05) is 26.7 Å². The van der Waals surface area contributed by atoms with E-state index >= 15 is 0 Å². The summed E-state index contributed by atoms with van der Waals surface area (Å²) < 4.78 is 69.2. The lowest BCUT2D eigenvalue weighted by Crippen LogP contribution is -2.55. The molecule has 0 aliphatic carbocycles. The molecule has 58 heavy (non-hydrogen) atoms. The summed E-state index contributed by atoms with van der Waals surface area (Å²) in [4.78, 5) is 77.6. The average molecular weight is 878 g/mol. The van der Waals surface area contributed by atoms with Gasteiger partial charge in [-0.15, -0.1) is 0 Å². The third kappa shape index (κ3) is 9.18. The SMILES string of the molecule is CN1CN([C@H]2CN(Cc3ccccc3)C[C@@H](COP(=O)(O)OP(=O)(O)OP(=O)(O)OC[C@H]3O[C@@H](n4cnc5c(=O)[nH]c(N)nc54)[C@H](O)[C@@H]3O)O2)c2nc(N)[nH]c(=O)c21. The van der Waals surface area contributed by atoms with Crippen molar-refractivity contribution in [1.29, 1.82) is 0 Å². The normalized spacial score (nSPS) is 27.0. The number of H-pyrrole nitrogens is 2. The van der Waals surface area contributed by atoms with Gasteiger partial charge in [-0.05, 0) is 5.56 Å². The van der Waals surface area contributed by atoms with Crippen molar-refractivity contribution in [3.63, 3.8) is 0 Å². The number of fused-ring (bicyclic) bond motifs is 2. The third-order valence-corrected chi connectivity index (χ3v) is 13.3. The minimum Gasteiger partial charge on any atom is -0.387 e. The van der Waals surface area contributed by atoms with Crippen LogP contribution in [0.25, 0.3) is 11.2 Å². The predicted molar refractivity (Wildman–Crippen MR) is 197 cm³/mol. The number of aromatic amines is 2. The van der Waals surface area contributed by atoms with E-state index in [0.29, 0.717) is 6.54 Å². The van der Waals surface area contributed by atoms with Crippen LogP contribution in [-0.2, 0) is 47.4 Å². The van der Waals surface area contributed by atoms with Gasteiger partial charge < -0.3 is 55.6 Å². The minimum atomic E-state index is -5.93. The highest BCUT2D eigenvalue weighted by molar-refractivity contribution is 7.66. The van der Waals surface area contributed by atoms with Crippen molar-refractivity contribution in [2.75, 3.05) is 61.3 Å². The van der Waals surface area contributed by atoms with Crippen molar-refractivity contribution in [2.45, 2.75) is 43.4 Å². The van der Waals surface area contributed by atoms with Gasteiger partial charge in [-0.2, -0.15) is 18.6 Å². The Morgan fingerprint density at radius 3 is 2.24 bits per heavy atom. The second-order valence-corrected chi connectivity index (χ2v) is 17.9. The monoisotopic (exact) mass is 877 g/mol. The van der Waals surface area contributed by atoms with Gasteiger partial charge in [0.1, 0.15) is 30.2 Å². The third-order valence-electron chi connectivity index (χ3n) is 9.04. The highest BCUT2D eigenvalue weighted by atomic mass is 31.3. The number of hydrogen-bond donors (Lipinski definition) is 9. The van der Waals surface area contributed by atoms with Gasteiger partial charge in [0.05, 0.1) is 32.3 Å². The molecule has 6 heterocycles. The molecule has 27 nitrogen and oxygen atoms in total. The summed E-state index contributed by atoms with van der Waals surface area (Å²) in [7, 11) is -15.5. The van der Waals surface area contributed by atoms with Crippen molar-refractivity contribution in [1.82, 2.24) is 34.4 Å². The van der Waals surface area contributed by atoms with Gasteiger partial charge in [0.25, 0.3) is 11.1 Å². The van der Waals surface area contributed by atoms with Crippen LogP contribution >= 0.6 is 23.5 Å². The molecular weight excluding hydrogens is 839 g/mol. The molecule has 0 amide bonds. The molecule has 316 valence electrons. The van der Waals surface area contributed by atoms with Gasteiger partial charge in [0.2, 0.25) is 11.9 Å². The minimum absolute atomic E-state index is 0.115. The maximum Gasteiger partial charge on any atom is 0.490 e. The van der Waals surface area contributed by atoms with Crippen LogP contribution in [0, 0.1) is 0 Å². The molecule has 11 N–H and O–H groups in total. The maximum absolute atomic E-state index is 12.9. The lowest BCUT2D eigenvalue weighted by Gasteiger charge is -2.42. The molecule has 2 fully saturated rings. The second-order valence-electron chi connectivity index (χ2n) is 13.3. The number of nitrogens with one attached hydrogen (secondary N) is 2. The van der Waals surface area contributed by atoms with E-state index in [1.807, 2.05) is 35.2 Å². The molecule has 0 saturated carbocycles. The Balaban J connectivity index is 0.970. The molecule has 30 heteroatoms. The lowest BCUT2D eigenvalue weighted by molar-refractivity contribution is -0.103. The van der Waals surface area contributed by atoms with Crippen molar-refractivity contribution in [2.24, 2.45) is 0 Å². The number of nitrogens with zero attached hydrogens (tertiary/aromatic N) is 7. The molecule has 3 unspecified atom stereocenters. The van der Waals surface area contributed by atoms with Gasteiger partial charge >= 0.3 is 23.5 Å². The zero-order chi connectivity index (χ0) is 41.7. The summed E-state index contributed by atoms with van der Waals surface area (Å²) in [6, 6.07) is 9.32. The number of rotatable bonds is 14. The first-order chi connectivity index (χ1) is 27.3. The molecular formula is C28H38N11O16P3. The zero-order valence-corrected chi connectivity index (χ0v) is 32.7. The fourth-order valence-electron chi connectivity index (χ4n) is 6.63. The number of aliphatic hydroxyl groups excluding tert-OH is 2. The van der Waals surface area contributed by atoms with E-state index < -0.39 is 84.7 Å². The number of morpholine rings is 1. The number of phosphoric acid groups is 3. The largest absolute Gasteiger partial charge is 0.490 e. The van der Waals surface area contributed by atoms with Gasteiger partial charge in [0.15, 0.2) is 23.2 Å². The summed E-state index contributed by atoms with van der Waals surface area (Å²) >= 11 is 0. The molecule has 3 aliphatic rings. The Morgan fingerprint density at radius 1 is 0.879 bits per heavy atom. The number of anilines is 4. The molecule has 1 aromatic carbocycles. The molecule has 3 aliphatic heterocycles. The van der Waals surface area contributed by atoms with E-state index in [4.69, 9.17) is 25.5 Å². The van der Waals surface area contributed by atoms with Crippen LogP contribution < -0.4 is 32.4 Å². The fourth-order valence-corrected chi connectivity index (χ4v) is 10.2. The van der Waals surface area contributed by atoms with Crippen LogP contribution in [0.1, 0.15) is 11.8 Å². The summed E-state index contributed by atoms with van der Waals surface area (Å²) in [5.74, 6) is -0.188. The summed E-state index contributed by atoms with van der Waals surface area (Å²) in [5.41, 5.74) is 11.1. The number of ether oxygens (including phenoxy) is 2. The first-order valence-corrected chi connectivity index (χ1v) is 21.5.